The van der Waals surface area contributed by atoms with E-state index < -0.39 is 5.97 Å². The highest BCUT2D eigenvalue weighted by Gasteiger charge is 2.64. The molecule has 0 heterocycles. The summed E-state index contributed by atoms with van der Waals surface area (Å²) in [5.74, 6) is 5.44. The molecule has 0 aromatic heterocycles. The highest BCUT2D eigenvalue weighted by molar-refractivity contribution is 5.88. The van der Waals surface area contributed by atoms with Gasteiger partial charge in [-0.25, -0.2) is 4.79 Å². The molecule has 0 aliphatic heterocycles. The predicted molar refractivity (Wildman–Crippen MR) is 55.5 cm³/mol. The largest absolute Gasteiger partial charge is 0.456 e. The van der Waals surface area contributed by atoms with E-state index in [-0.39, 0.29) is 10.8 Å². The van der Waals surface area contributed by atoms with Gasteiger partial charge in [-0.1, -0.05) is 33.6 Å². The third-order valence-electron chi connectivity index (χ3n) is 3.61. The van der Waals surface area contributed by atoms with E-state index in [4.69, 9.17) is 4.74 Å². The van der Waals surface area contributed by atoms with Gasteiger partial charge < -0.3 is 4.74 Å². The normalized spacial score (nSPS) is 22.1. The molecule has 1 saturated carbocycles. The van der Waals surface area contributed by atoms with Gasteiger partial charge in [-0.05, 0) is 17.8 Å². The molecular formula is C12H18O2. The molecule has 0 saturated heterocycles. The molecule has 0 atom stereocenters. The predicted octanol–water partition coefficient (Wildman–Crippen LogP) is 2.24. The van der Waals surface area contributed by atoms with Gasteiger partial charge in [0.05, 0.1) is 6.61 Å². The molecule has 0 spiro atoms. The van der Waals surface area contributed by atoms with E-state index in [1.165, 1.54) is 0 Å². The number of hydrogen-bond donors (Lipinski definition) is 0. The minimum Gasteiger partial charge on any atom is -0.456 e. The van der Waals surface area contributed by atoms with Gasteiger partial charge in [-0.3, -0.25) is 0 Å². The number of carbonyl (C=O) groups excluding carboxylic acids is 1. The molecule has 1 fully saturated rings. The van der Waals surface area contributed by atoms with E-state index in [9.17, 15) is 4.79 Å². The third kappa shape index (κ3) is 1.64. The Balaban J connectivity index is 2.60. The number of ether oxygens (including phenoxy) is 1. The van der Waals surface area contributed by atoms with Gasteiger partial charge in [-0.2, -0.15) is 0 Å². The van der Waals surface area contributed by atoms with E-state index in [0.717, 1.165) is 0 Å². The van der Waals surface area contributed by atoms with Crippen LogP contribution in [0.5, 0.6) is 0 Å². The molecule has 0 radical (unpaired) electrons. The zero-order chi connectivity index (χ0) is 11.0. The van der Waals surface area contributed by atoms with Crippen molar-refractivity contribution in [3.05, 3.63) is 0 Å². The molecule has 1 rings (SSSR count). The lowest BCUT2D eigenvalue weighted by Crippen LogP contribution is -2.00. The van der Waals surface area contributed by atoms with Crippen LogP contribution in [0.4, 0.5) is 0 Å². The average molecular weight is 194 g/mol. The summed E-state index contributed by atoms with van der Waals surface area (Å²) in [5.41, 5.74) is 0.430. The second kappa shape index (κ2) is 3.31. The molecular weight excluding hydrogens is 176 g/mol. The van der Waals surface area contributed by atoms with Crippen LogP contribution >= 0.6 is 0 Å². The first kappa shape index (κ1) is 11.1. The van der Waals surface area contributed by atoms with Crippen LogP contribution in [0.15, 0.2) is 0 Å². The molecule has 2 heteroatoms. The molecule has 0 aromatic carbocycles. The lowest BCUT2D eigenvalue weighted by molar-refractivity contribution is -0.136. The molecule has 0 aromatic rings. The van der Waals surface area contributed by atoms with Crippen LogP contribution in [-0.4, -0.2) is 12.6 Å². The summed E-state index contributed by atoms with van der Waals surface area (Å²) in [6, 6.07) is 0. The fraction of sp³-hybridized carbons (Fsp3) is 0.750. The standard InChI is InChI=1S/C12H18O2/c1-6-14-10(13)8-7-9-11(2,3)12(9,4)5/h9H,6H2,1-5H3. The molecule has 2 nitrogen and oxygen atoms in total. The van der Waals surface area contributed by atoms with E-state index >= 15 is 0 Å². The minimum atomic E-state index is -0.411. The van der Waals surface area contributed by atoms with Gasteiger partial charge in [0.1, 0.15) is 0 Å². The van der Waals surface area contributed by atoms with E-state index in [1.54, 1.807) is 6.92 Å². The summed E-state index contributed by atoms with van der Waals surface area (Å²) in [5, 5.41) is 0. The maximum absolute atomic E-state index is 11.0. The van der Waals surface area contributed by atoms with Crippen LogP contribution < -0.4 is 0 Å². The summed E-state index contributed by atoms with van der Waals surface area (Å²) >= 11 is 0. The van der Waals surface area contributed by atoms with Gasteiger partial charge in [-0.15, -0.1) is 0 Å². The van der Waals surface area contributed by atoms with Crippen LogP contribution in [0.3, 0.4) is 0 Å². The second-order valence-corrected chi connectivity index (χ2v) is 4.87. The summed E-state index contributed by atoms with van der Waals surface area (Å²) in [7, 11) is 0. The van der Waals surface area contributed by atoms with Crippen molar-refractivity contribution in [1.29, 1.82) is 0 Å². The average Bonchev–Trinajstić information content (AvgIpc) is 2.41. The number of rotatable bonds is 1. The summed E-state index contributed by atoms with van der Waals surface area (Å²) in [4.78, 5) is 11.0. The van der Waals surface area contributed by atoms with Crippen molar-refractivity contribution >= 4 is 5.97 Å². The molecule has 0 N–H and O–H groups in total. The Kier molecular flexibility index (Phi) is 2.63. The molecule has 1 aliphatic rings. The number of hydrogen-bond acceptors (Lipinski definition) is 2. The first-order valence-electron chi connectivity index (χ1n) is 5.02. The molecule has 0 unspecified atom stereocenters. The van der Waals surface area contributed by atoms with Gasteiger partial charge in [0.2, 0.25) is 0 Å². The summed E-state index contributed by atoms with van der Waals surface area (Å²) < 4.78 is 4.74. The first-order chi connectivity index (χ1) is 6.34. The smallest absolute Gasteiger partial charge is 0.384 e. The van der Waals surface area contributed by atoms with Gasteiger partial charge in [0.15, 0.2) is 0 Å². The highest BCUT2D eigenvalue weighted by atomic mass is 16.5. The molecule has 14 heavy (non-hydrogen) atoms. The topological polar surface area (TPSA) is 26.3 Å². The Morgan fingerprint density at radius 1 is 1.29 bits per heavy atom. The zero-order valence-corrected chi connectivity index (χ0v) is 9.60. The second-order valence-electron chi connectivity index (χ2n) is 4.87. The zero-order valence-electron chi connectivity index (χ0n) is 9.60. The lowest BCUT2D eigenvalue weighted by Gasteiger charge is -2.03. The molecule has 1 aliphatic carbocycles. The molecule has 0 amide bonds. The Labute approximate surface area is 86.0 Å². The Bertz CT molecular complexity index is 288. The third-order valence-corrected chi connectivity index (χ3v) is 3.61. The van der Waals surface area contributed by atoms with Crippen LogP contribution in [0, 0.1) is 28.6 Å². The Hall–Kier alpha value is -0.970. The summed E-state index contributed by atoms with van der Waals surface area (Å²) in [6.07, 6.45) is 0. The van der Waals surface area contributed by atoms with Gasteiger partial charge in [0, 0.05) is 11.8 Å². The van der Waals surface area contributed by atoms with E-state index in [1.807, 2.05) is 0 Å². The number of carbonyl (C=O) groups is 1. The fourth-order valence-electron chi connectivity index (χ4n) is 1.86. The Morgan fingerprint density at radius 3 is 2.14 bits per heavy atom. The van der Waals surface area contributed by atoms with E-state index in [2.05, 4.69) is 39.5 Å². The maximum Gasteiger partial charge on any atom is 0.384 e. The molecule has 78 valence electrons. The van der Waals surface area contributed by atoms with Crippen molar-refractivity contribution in [3.8, 4) is 11.8 Å². The van der Waals surface area contributed by atoms with Crippen molar-refractivity contribution in [1.82, 2.24) is 0 Å². The quantitative estimate of drug-likeness (QED) is 0.363. The number of esters is 1. The monoisotopic (exact) mass is 194 g/mol. The van der Waals surface area contributed by atoms with Crippen molar-refractivity contribution in [3.63, 3.8) is 0 Å². The summed E-state index contributed by atoms with van der Waals surface area (Å²) in [6.45, 7) is 10.9. The van der Waals surface area contributed by atoms with Crippen LogP contribution in [0.25, 0.3) is 0 Å². The van der Waals surface area contributed by atoms with Crippen LogP contribution in [-0.2, 0) is 9.53 Å². The van der Waals surface area contributed by atoms with Crippen LogP contribution in [0.2, 0.25) is 0 Å². The minimum absolute atomic E-state index is 0.215. The SMILES string of the molecule is CCOC(=O)C#CC1C(C)(C)C1(C)C. The van der Waals surface area contributed by atoms with Crippen molar-refractivity contribution in [2.75, 3.05) is 6.61 Å². The van der Waals surface area contributed by atoms with Crippen molar-refractivity contribution in [2.45, 2.75) is 34.6 Å². The van der Waals surface area contributed by atoms with Crippen molar-refractivity contribution < 1.29 is 9.53 Å². The van der Waals surface area contributed by atoms with E-state index in [0.29, 0.717) is 12.5 Å². The fourth-order valence-corrected chi connectivity index (χ4v) is 1.86. The highest BCUT2D eigenvalue weighted by Crippen LogP contribution is 2.67. The van der Waals surface area contributed by atoms with Gasteiger partial charge >= 0.3 is 5.97 Å². The van der Waals surface area contributed by atoms with Crippen LogP contribution in [0.1, 0.15) is 34.6 Å². The maximum atomic E-state index is 11.0. The lowest BCUT2D eigenvalue weighted by atomic mass is 10.0. The molecule has 0 bridgehead atoms. The van der Waals surface area contributed by atoms with Gasteiger partial charge in [0.25, 0.3) is 0 Å². The first-order valence-corrected chi connectivity index (χ1v) is 5.02. The Morgan fingerprint density at radius 2 is 1.79 bits per heavy atom. The van der Waals surface area contributed by atoms with Crippen molar-refractivity contribution in [2.24, 2.45) is 16.7 Å².